The van der Waals surface area contributed by atoms with E-state index in [1.54, 1.807) is 0 Å². The molecule has 1 amide bonds. The predicted octanol–water partition coefficient (Wildman–Crippen LogP) is -0.392. The summed E-state index contributed by atoms with van der Waals surface area (Å²) in [5.41, 5.74) is 5.17. The zero-order chi connectivity index (χ0) is 15.9. The fourth-order valence-electron chi connectivity index (χ4n) is 3.01. The van der Waals surface area contributed by atoms with Gasteiger partial charge in [0.05, 0.1) is 29.2 Å². The Labute approximate surface area is 126 Å². The van der Waals surface area contributed by atoms with E-state index in [2.05, 4.69) is 9.88 Å². The molecule has 0 aromatic carbocycles. The van der Waals surface area contributed by atoms with E-state index in [0.717, 1.165) is 12.7 Å². The summed E-state index contributed by atoms with van der Waals surface area (Å²) in [5, 5.41) is 10.8. The first-order chi connectivity index (χ1) is 10.5. The van der Waals surface area contributed by atoms with Gasteiger partial charge in [0.15, 0.2) is 0 Å². The number of aromatic nitrogens is 1. The number of rotatable bonds is 3. The predicted molar refractivity (Wildman–Crippen MR) is 77.8 cm³/mol. The van der Waals surface area contributed by atoms with Gasteiger partial charge in [-0.3, -0.25) is 19.8 Å². The van der Waals surface area contributed by atoms with Gasteiger partial charge in [-0.05, 0) is 7.05 Å². The Morgan fingerprint density at radius 1 is 1.55 bits per heavy atom. The number of anilines is 1. The van der Waals surface area contributed by atoms with Crippen LogP contribution in [0.15, 0.2) is 12.3 Å². The summed E-state index contributed by atoms with van der Waals surface area (Å²) in [6.07, 6.45) is 1.19. The molecule has 1 aromatic heterocycles. The summed E-state index contributed by atoms with van der Waals surface area (Å²) >= 11 is 0. The summed E-state index contributed by atoms with van der Waals surface area (Å²) in [6, 6.07) is 1.39. The van der Waals surface area contributed by atoms with Gasteiger partial charge in [0.25, 0.3) is 11.6 Å². The van der Waals surface area contributed by atoms with Crippen LogP contribution in [0.1, 0.15) is 10.4 Å². The minimum absolute atomic E-state index is 0.0384. The number of morpholine rings is 1. The Bertz CT molecular complexity index is 622. The van der Waals surface area contributed by atoms with Crippen LogP contribution in [0.2, 0.25) is 0 Å². The van der Waals surface area contributed by atoms with Crippen molar-refractivity contribution >= 4 is 17.4 Å². The molecule has 0 radical (unpaired) electrons. The fourth-order valence-corrected chi connectivity index (χ4v) is 3.01. The zero-order valence-corrected chi connectivity index (χ0v) is 12.1. The molecule has 2 aliphatic rings. The molecule has 2 unspecified atom stereocenters. The number of amides is 1. The van der Waals surface area contributed by atoms with E-state index in [1.165, 1.54) is 6.07 Å². The van der Waals surface area contributed by atoms with Crippen molar-refractivity contribution in [3.8, 4) is 0 Å². The second kappa shape index (κ2) is 5.50. The minimum atomic E-state index is -0.727. The Hall–Kier alpha value is -2.26. The SMILES string of the molecule is CN1CCOC2CN(c3ncc([N+](=O)[O-])cc3C(N)=O)CC21. The highest BCUT2D eigenvalue weighted by molar-refractivity contribution is 5.98. The maximum Gasteiger partial charge on any atom is 0.288 e. The third kappa shape index (κ3) is 2.48. The molecule has 1 aromatic rings. The highest BCUT2D eigenvalue weighted by Crippen LogP contribution is 2.29. The molecule has 2 atom stereocenters. The highest BCUT2D eigenvalue weighted by Gasteiger charge is 2.40. The van der Waals surface area contributed by atoms with Crippen LogP contribution in [-0.2, 0) is 4.74 Å². The molecule has 3 heterocycles. The van der Waals surface area contributed by atoms with Gasteiger partial charge in [0.2, 0.25) is 0 Å². The molecule has 0 saturated carbocycles. The van der Waals surface area contributed by atoms with Crippen LogP contribution in [0.5, 0.6) is 0 Å². The summed E-state index contributed by atoms with van der Waals surface area (Å²) in [4.78, 5) is 30.1. The monoisotopic (exact) mass is 307 g/mol. The molecule has 22 heavy (non-hydrogen) atoms. The van der Waals surface area contributed by atoms with Crippen molar-refractivity contribution in [3.05, 3.63) is 27.9 Å². The van der Waals surface area contributed by atoms with Crippen molar-refractivity contribution < 1.29 is 14.5 Å². The second-order valence-corrected chi connectivity index (χ2v) is 5.55. The van der Waals surface area contributed by atoms with Gasteiger partial charge < -0.3 is 15.4 Å². The Balaban J connectivity index is 1.92. The standard InChI is InChI=1S/C13H17N5O4/c1-16-2-3-22-11-7-17(6-10(11)16)13-9(12(14)19)4-8(5-15-13)18(20)21/h4-5,10-11H,2-3,6-7H2,1H3,(H2,14,19). The lowest BCUT2D eigenvalue weighted by Gasteiger charge is -2.33. The molecule has 9 nitrogen and oxygen atoms in total. The first-order valence-corrected chi connectivity index (χ1v) is 6.98. The number of primary amides is 1. The van der Waals surface area contributed by atoms with Crippen molar-refractivity contribution in [1.82, 2.24) is 9.88 Å². The number of pyridine rings is 1. The maximum atomic E-state index is 11.6. The zero-order valence-electron chi connectivity index (χ0n) is 12.1. The van der Waals surface area contributed by atoms with E-state index in [0.29, 0.717) is 25.5 Å². The van der Waals surface area contributed by atoms with E-state index < -0.39 is 10.8 Å². The summed E-state index contributed by atoms with van der Waals surface area (Å²) in [7, 11) is 2.03. The quantitative estimate of drug-likeness (QED) is 0.597. The van der Waals surface area contributed by atoms with Crippen molar-refractivity contribution in [2.24, 2.45) is 5.73 Å². The van der Waals surface area contributed by atoms with Gasteiger partial charge in [-0.15, -0.1) is 0 Å². The van der Waals surface area contributed by atoms with Gasteiger partial charge in [0.1, 0.15) is 12.0 Å². The third-order valence-electron chi connectivity index (χ3n) is 4.21. The second-order valence-electron chi connectivity index (χ2n) is 5.55. The molecule has 0 spiro atoms. The van der Waals surface area contributed by atoms with Crippen LogP contribution in [0.25, 0.3) is 0 Å². The number of nitro groups is 1. The molecule has 2 N–H and O–H groups in total. The van der Waals surface area contributed by atoms with E-state index in [9.17, 15) is 14.9 Å². The molecular weight excluding hydrogens is 290 g/mol. The van der Waals surface area contributed by atoms with Crippen LogP contribution in [0.3, 0.4) is 0 Å². The van der Waals surface area contributed by atoms with Crippen LogP contribution < -0.4 is 10.6 Å². The Morgan fingerprint density at radius 2 is 2.32 bits per heavy atom. The topological polar surface area (TPSA) is 115 Å². The highest BCUT2D eigenvalue weighted by atomic mass is 16.6. The van der Waals surface area contributed by atoms with Crippen molar-refractivity contribution in [1.29, 1.82) is 0 Å². The van der Waals surface area contributed by atoms with Crippen LogP contribution in [0.4, 0.5) is 11.5 Å². The minimum Gasteiger partial charge on any atom is -0.373 e. The number of nitrogens with zero attached hydrogens (tertiary/aromatic N) is 4. The van der Waals surface area contributed by atoms with Crippen LogP contribution >= 0.6 is 0 Å². The number of fused-ring (bicyclic) bond motifs is 1. The van der Waals surface area contributed by atoms with Gasteiger partial charge in [-0.25, -0.2) is 4.98 Å². The number of likely N-dealkylation sites (N-methyl/N-ethyl adjacent to an activating group) is 1. The number of ether oxygens (including phenoxy) is 1. The average Bonchev–Trinajstić information content (AvgIpc) is 2.92. The van der Waals surface area contributed by atoms with E-state index in [-0.39, 0.29) is 23.4 Å². The lowest BCUT2D eigenvalue weighted by molar-refractivity contribution is -0.385. The Morgan fingerprint density at radius 3 is 2.95 bits per heavy atom. The molecule has 0 aliphatic carbocycles. The van der Waals surface area contributed by atoms with Crippen LogP contribution in [0, 0.1) is 10.1 Å². The van der Waals surface area contributed by atoms with Gasteiger partial charge in [0, 0.05) is 25.7 Å². The lowest BCUT2D eigenvalue weighted by atomic mass is 10.1. The summed E-state index contributed by atoms with van der Waals surface area (Å²) in [6.45, 7) is 2.75. The van der Waals surface area contributed by atoms with Gasteiger partial charge in [-0.2, -0.15) is 0 Å². The number of hydrogen-bond donors (Lipinski definition) is 1. The number of nitrogens with two attached hydrogens (primary N) is 1. The Kier molecular flexibility index (Phi) is 3.67. The fraction of sp³-hybridized carbons (Fsp3) is 0.538. The molecule has 9 heteroatoms. The molecule has 0 bridgehead atoms. The van der Waals surface area contributed by atoms with E-state index >= 15 is 0 Å². The van der Waals surface area contributed by atoms with E-state index in [1.807, 2.05) is 11.9 Å². The van der Waals surface area contributed by atoms with E-state index in [4.69, 9.17) is 10.5 Å². The smallest absolute Gasteiger partial charge is 0.288 e. The molecule has 2 aliphatic heterocycles. The van der Waals surface area contributed by atoms with Crippen molar-refractivity contribution in [2.75, 3.05) is 38.2 Å². The lowest BCUT2D eigenvalue weighted by Crippen LogP contribution is -2.48. The summed E-state index contributed by atoms with van der Waals surface area (Å²) < 4.78 is 5.75. The average molecular weight is 307 g/mol. The van der Waals surface area contributed by atoms with Crippen LogP contribution in [-0.4, -0.2) is 66.1 Å². The number of carbonyl (C=O) groups excluding carboxylic acids is 1. The molecule has 118 valence electrons. The third-order valence-corrected chi connectivity index (χ3v) is 4.21. The number of carbonyl (C=O) groups is 1. The number of hydrogen-bond acceptors (Lipinski definition) is 7. The first-order valence-electron chi connectivity index (χ1n) is 6.98. The molecular formula is C13H17N5O4. The summed E-state index contributed by atoms with van der Waals surface area (Å²) in [5.74, 6) is -0.347. The maximum absolute atomic E-state index is 11.6. The van der Waals surface area contributed by atoms with Gasteiger partial charge >= 0.3 is 0 Å². The van der Waals surface area contributed by atoms with Crippen molar-refractivity contribution in [3.63, 3.8) is 0 Å². The largest absolute Gasteiger partial charge is 0.373 e. The van der Waals surface area contributed by atoms with Gasteiger partial charge in [-0.1, -0.05) is 0 Å². The molecule has 3 rings (SSSR count). The molecule has 2 fully saturated rings. The normalized spacial score (nSPS) is 25.0. The first kappa shape index (κ1) is 14.7. The van der Waals surface area contributed by atoms with Crippen molar-refractivity contribution in [2.45, 2.75) is 12.1 Å². The molecule has 2 saturated heterocycles.